The van der Waals surface area contributed by atoms with Crippen molar-refractivity contribution in [2.24, 2.45) is 0 Å². The summed E-state index contributed by atoms with van der Waals surface area (Å²) in [6.45, 7) is 4.97. The van der Waals surface area contributed by atoms with Gasteiger partial charge >= 0.3 is 0 Å². The number of rotatable bonds is 3. The van der Waals surface area contributed by atoms with Gasteiger partial charge in [-0.2, -0.15) is 5.10 Å². The lowest BCUT2D eigenvalue weighted by Crippen LogP contribution is -2.35. The average Bonchev–Trinajstić information content (AvgIpc) is 3.06. The standard InChI is InChI=1S/C21H22BrN5O/c1-15-3-4-17(14-23-15)21(28)27-10-2-9-26(11-12-27)20-13-19(24-25-20)16-5-7-18(22)8-6-16/h3-8,13-14H,2,9-12H2,1H3,(H,24,25). The number of amides is 1. The topological polar surface area (TPSA) is 65.1 Å². The fourth-order valence-corrected chi connectivity index (χ4v) is 3.64. The Morgan fingerprint density at radius 2 is 1.89 bits per heavy atom. The number of aromatic nitrogens is 3. The number of hydrogen-bond donors (Lipinski definition) is 1. The Morgan fingerprint density at radius 3 is 2.64 bits per heavy atom. The van der Waals surface area contributed by atoms with Gasteiger partial charge in [-0.25, -0.2) is 0 Å². The van der Waals surface area contributed by atoms with Gasteiger partial charge < -0.3 is 9.80 Å². The minimum atomic E-state index is 0.0481. The third kappa shape index (κ3) is 4.09. The predicted molar refractivity (Wildman–Crippen MR) is 113 cm³/mol. The number of carbonyl (C=O) groups is 1. The van der Waals surface area contributed by atoms with Crippen LogP contribution in [0.2, 0.25) is 0 Å². The molecular weight excluding hydrogens is 418 g/mol. The summed E-state index contributed by atoms with van der Waals surface area (Å²) < 4.78 is 1.05. The number of pyridine rings is 1. The highest BCUT2D eigenvalue weighted by Crippen LogP contribution is 2.24. The van der Waals surface area contributed by atoms with E-state index in [2.05, 4.69) is 54.2 Å². The van der Waals surface area contributed by atoms with E-state index in [9.17, 15) is 4.79 Å². The number of nitrogens with zero attached hydrogens (tertiary/aromatic N) is 4. The van der Waals surface area contributed by atoms with Crippen molar-refractivity contribution in [2.75, 3.05) is 31.1 Å². The van der Waals surface area contributed by atoms with E-state index in [1.807, 2.05) is 36.1 Å². The molecule has 6 nitrogen and oxygen atoms in total. The molecule has 1 aliphatic rings. The Balaban J connectivity index is 1.43. The lowest BCUT2D eigenvalue weighted by molar-refractivity contribution is 0.0766. The number of hydrogen-bond acceptors (Lipinski definition) is 4. The second kappa shape index (κ2) is 8.14. The van der Waals surface area contributed by atoms with Crippen LogP contribution < -0.4 is 4.90 Å². The quantitative estimate of drug-likeness (QED) is 0.671. The molecule has 0 saturated carbocycles. The van der Waals surface area contributed by atoms with Gasteiger partial charge in [-0.05, 0) is 43.2 Å². The number of anilines is 1. The summed E-state index contributed by atoms with van der Waals surface area (Å²) >= 11 is 3.46. The fraction of sp³-hybridized carbons (Fsp3) is 0.286. The molecule has 1 fully saturated rings. The predicted octanol–water partition coefficient (Wildman–Crippen LogP) is 3.90. The first-order valence-corrected chi connectivity index (χ1v) is 10.2. The van der Waals surface area contributed by atoms with Crippen LogP contribution in [0, 0.1) is 6.92 Å². The largest absolute Gasteiger partial charge is 0.353 e. The van der Waals surface area contributed by atoms with Crippen molar-refractivity contribution in [3.05, 3.63) is 64.4 Å². The van der Waals surface area contributed by atoms with Crippen LogP contribution in [0.25, 0.3) is 11.3 Å². The van der Waals surface area contributed by atoms with Crippen molar-refractivity contribution in [1.82, 2.24) is 20.1 Å². The molecule has 1 amide bonds. The molecule has 0 aliphatic carbocycles. The SMILES string of the molecule is Cc1ccc(C(=O)N2CCCN(c3cc(-c4ccc(Br)cc4)[nH]n3)CC2)cn1. The molecule has 3 aromatic rings. The van der Waals surface area contributed by atoms with Crippen molar-refractivity contribution in [1.29, 1.82) is 0 Å². The number of aromatic amines is 1. The van der Waals surface area contributed by atoms with E-state index < -0.39 is 0 Å². The zero-order chi connectivity index (χ0) is 19.5. The summed E-state index contributed by atoms with van der Waals surface area (Å²) in [6, 6.07) is 14.0. The van der Waals surface area contributed by atoms with Crippen molar-refractivity contribution in [2.45, 2.75) is 13.3 Å². The summed E-state index contributed by atoms with van der Waals surface area (Å²) in [6.07, 6.45) is 2.57. The van der Waals surface area contributed by atoms with Crippen LogP contribution >= 0.6 is 15.9 Å². The monoisotopic (exact) mass is 439 g/mol. The second-order valence-corrected chi connectivity index (χ2v) is 7.88. The summed E-state index contributed by atoms with van der Waals surface area (Å²) in [5.41, 5.74) is 3.65. The average molecular weight is 440 g/mol. The Hall–Kier alpha value is -2.67. The van der Waals surface area contributed by atoms with Crippen molar-refractivity contribution in [3.63, 3.8) is 0 Å². The van der Waals surface area contributed by atoms with Crippen molar-refractivity contribution in [3.8, 4) is 11.3 Å². The van der Waals surface area contributed by atoms with Gasteiger partial charge in [-0.15, -0.1) is 0 Å². The number of nitrogens with one attached hydrogen (secondary N) is 1. The Bertz CT molecular complexity index is 952. The lowest BCUT2D eigenvalue weighted by atomic mass is 10.1. The molecule has 0 spiro atoms. The maximum Gasteiger partial charge on any atom is 0.255 e. The molecule has 1 aliphatic heterocycles. The first-order valence-electron chi connectivity index (χ1n) is 9.38. The van der Waals surface area contributed by atoms with Crippen LogP contribution in [0.3, 0.4) is 0 Å². The molecule has 4 rings (SSSR count). The minimum absolute atomic E-state index is 0.0481. The third-order valence-electron chi connectivity index (χ3n) is 4.98. The van der Waals surface area contributed by atoms with E-state index in [1.54, 1.807) is 6.20 Å². The Labute approximate surface area is 172 Å². The second-order valence-electron chi connectivity index (χ2n) is 6.97. The smallest absolute Gasteiger partial charge is 0.255 e. The number of aryl methyl sites for hydroxylation is 1. The van der Waals surface area contributed by atoms with Gasteiger partial charge in [0.1, 0.15) is 0 Å². The first kappa shape index (κ1) is 18.7. The summed E-state index contributed by atoms with van der Waals surface area (Å²) in [5.74, 6) is 0.969. The van der Waals surface area contributed by atoms with Gasteiger partial charge in [-0.3, -0.25) is 14.9 Å². The number of halogens is 1. The molecule has 0 bridgehead atoms. The Morgan fingerprint density at radius 1 is 1.07 bits per heavy atom. The van der Waals surface area contributed by atoms with E-state index in [1.165, 1.54) is 0 Å². The van der Waals surface area contributed by atoms with E-state index in [-0.39, 0.29) is 5.91 Å². The zero-order valence-corrected chi connectivity index (χ0v) is 17.3. The highest BCUT2D eigenvalue weighted by Gasteiger charge is 2.22. The van der Waals surface area contributed by atoms with Crippen molar-refractivity contribution < 1.29 is 4.79 Å². The van der Waals surface area contributed by atoms with Gasteiger partial charge in [0.05, 0.1) is 11.3 Å². The van der Waals surface area contributed by atoms with Crippen LogP contribution in [-0.2, 0) is 0 Å². The molecule has 1 N–H and O–H groups in total. The van der Waals surface area contributed by atoms with Crippen molar-refractivity contribution >= 4 is 27.7 Å². The molecule has 0 atom stereocenters. The van der Waals surface area contributed by atoms with Gasteiger partial charge in [0, 0.05) is 48.6 Å². The van der Waals surface area contributed by atoms with Crippen LogP contribution in [-0.4, -0.2) is 52.2 Å². The van der Waals surface area contributed by atoms with E-state index in [0.29, 0.717) is 12.1 Å². The molecule has 28 heavy (non-hydrogen) atoms. The number of carbonyl (C=O) groups excluding carboxylic acids is 1. The number of benzene rings is 1. The third-order valence-corrected chi connectivity index (χ3v) is 5.51. The Kier molecular flexibility index (Phi) is 5.43. The molecule has 0 radical (unpaired) electrons. The van der Waals surface area contributed by atoms with Gasteiger partial charge in [0.25, 0.3) is 5.91 Å². The highest BCUT2D eigenvalue weighted by molar-refractivity contribution is 9.10. The van der Waals surface area contributed by atoms with E-state index >= 15 is 0 Å². The molecule has 0 unspecified atom stereocenters. The van der Waals surface area contributed by atoms with E-state index in [0.717, 1.165) is 53.3 Å². The molecule has 2 aromatic heterocycles. The molecule has 1 saturated heterocycles. The molecule has 144 valence electrons. The molecule has 1 aromatic carbocycles. The summed E-state index contributed by atoms with van der Waals surface area (Å²) in [7, 11) is 0. The number of H-pyrrole nitrogens is 1. The lowest BCUT2D eigenvalue weighted by Gasteiger charge is -2.21. The van der Waals surface area contributed by atoms with Gasteiger partial charge in [0.2, 0.25) is 0 Å². The van der Waals surface area contributed by atoms with Crippen LogP contribution in [0.1, 0.15) is 22.5 Å². The molecule has 7 heteroatoms. The maximum absolute atomic E-state index is 12.8. The summed E-state index contributed by atoms with van der Waals surface area (Å²) in [5, 5.41) is 7.62. The fourth-order valence-electron chi connectivity index (χ4n) is 3.38. The zero-order valence-electron chi connectivity index (χ0n) is 15.7. The minimum Gasteiger partial charge on any atom is -0.353 e. The van der Waals surface area contributed by atoms with Crippen LogP contribution in [0.5, 0.6) is 0 Å². The normalized spacial score (nSPS) is 14.8. The molecular formula is C21H22BrN5O. The maximum atomic E-state index is 12.8. The van der Waals surface area contributed by atoms with Crippen LogP contribution in [0.4, 0.5) is 5.82 Å². The van der Waals surface area contributed by atoms with E-state index in [4.69, 9.17) is 0 Å². The molecule has 3 heterocycles. The highest BCUT2D eigenvalue weighted by atomic mass is 79.9. The van der Waals surface area contributed by atoms with Gasteiger partial charge in [-0.1, -0.05) is 28.1 Å². The summed E-state index contributed by atoms with van der Waals surface area (Å²) in [4.78, 5) is 21.2. The van der Waals surface area contributed by atoms with Gasteiger partial charge in [0.15, 0.2) is 5.82 Å². The van der Waals surface area contributed by atoms with Crippen LogP contribution in [0.15, 0.2) is 53.1 Å². The first-order chi connectivity index (χ1) is 13.6.